The number of carbonyl (C=O) groups is 1. The van der Waals surface area contributed by atoms with E-state index in [1.165, 1.54) is 0 Å². The molecule has 2 aromatic rings. The van der Waals surface area contributed by atoms with E-state index >= 15 is 0 Å². The van der Waals surface area contributed by atoms with Crippen LogP contribution in [0.3, 0.4) is 0 Å². The topological polar surface area (TPSA) is 45.5 Å². The summed E-state index contributed by atoms with van der Waals surface area (Å²) in [5.41, 5.74) is 1.84. The summed E-state index contributed by atoms with van der Waals surface area (Å²) in [7, 11) is 1.82. The summed E-state index contributed by atoms with van der Waals surface area (Å²) in [6.45, 7) is 4.33. The van der Waals surface area contributed by atoms with E-state index < -0.39 is 0 Å². The second-order valence-corrected chi connectivity index (χ2v) is 5.09. The zero-order valence-electron chi connectivity index (χ0n) is 11.6. The predicted octanol–water partition coefficient (Wildman–Crippen LogP) is 2.00. The van der Waals surface area contributed by atoms with Gasteiger partial charge in [0.25, 0.3) is 0 Å². The van der Waals surface area contributed by atoms with Gasteiger partial charge in [0.05, 0.1) is 6.61 Å². The van der Waals surface area contributed by atoms with Gasteiger partial charge in [0.2, 0.25) is 5.91 Å². The standard InChI is InChI=1S/C15H20N2O2/c1-11(2)16(3)15(19)9-17-7-6-13-5-4-12(10-18)8-14(13)17/h4-8,11,18H,9-10H2,1-3H3. The van der Waals surface area contributed by atoms with Gasteiger partial charge >= 0.3 is 0 Å². The molecule has 1 amide bonds. The molecule has 0 aliphatic heterocycles. The second-order valence-electron chi connectivity index (χ2n) is 5.09. The number of hydrogen-bond acceptors (Lipinski definition) is 2. The Morgan fingerprint density at radius 3 is 2.74 bits per heavy atom. The smallest absolute Gasteiger partial charge is 0.242 e. The van der Waals surface area contributed by atoms with Crippen LogP contribution >= 0.6 is 0 Å². The number of likely N-dealkylation sites (N-methyl/N-ethyl adjacent to an activating group) is 1. The Kier molecular flexibility index (Phi) is 3.90. The Hall–Kier alpha value is -1.81. The fourth-order valence-corrected chi connectivity index (χ4v) is 2.01. The number of aliphatic hydroxyl groups is 1. The maximum absolute atomic E-state index is 12.1. The molecule has 0 radical (unpaired) electrons. The summed E-state index contributed by atoms with van der Waals surface area (Å²) < 4.78 is 1.93. The second kappa shape index (κ2) is 5.45. The van der Waals surface area contributed by atoms with Gasteiger partial charge in [0, 0.05) is 24.8 Å². The van der Waals surface area contributed by atoms with Crippen LogP contribution in [-0.4, -0.2) is 33.6 Å². The lowest BCUT2D eigenvalue weighted by Gasteiger charge is -2.21. The highest BCUT2D eigenvalue weighted by Gasteiger charge is 2.13. The van der Waals surface area contributed by atoms with Crippen molar-refractivity contribution in [1.82, 2.24) is 9.47 Å². The Bertz CT molecular complexity index is 587. The van der Waals surface area contributed by atoms with Gasteiger partial charge in [-0.1, -0.05) is 12.1 Å². The fraction of sp³-hybridized carbons (Fsp3) is 0.400. The van der Waals surface area contributed by atoms with E-state index in [1.807, 2.05) is 55.9 Å². The average molecular weight is 260 g/mol. The highest BCUT2D eigenvalue weighted by molar-refractivity contribution is 5.83. The van der Waals surface area contributed by atoms with E-state index in [9.17, 15) is 9.90 Å². The third-order valence-electron chi connectivity index (χ3n) is 3.49. The van der Waals surface area contributed by atoms with Crippen LogP contribution in [-0.2, 0) is 17.9 Å². The molecule has 0 spiro atoms. The van der Waals surface area contributed by atoms with Gasteiger partial charge in [-0.25, -0.2) is 0 Å². The molecule has 0 saturated heterocycles. The lowest BCUT2D eigenvalue weighted by molar-refractivity contribution is -0.131. The van der Waals surface area contributed by atoms with Gasteiger partial charge in [0.15, 0.2) is 0 Å². The maximum Gasteiger partial charge on any atom is 0.242 e. The molecular formula is C15H20N2O2. The first-order valence-electron chi connectivity index (χ1n) is 6.47. The highest BCUT2D eigenvalue weighted by atomic mass is 16.3. The molecular weight excluding hydrogens is 240 g/mol. The van der Waals surface area contributed by atoms with Crippen molar-refractivity contribution in [1.29, 1.82) is 0 Å². The molecule has 4 nitrogen and oxygen atoms in total. The molecule has 102 valence electrons. The third kappa shape index (κ3) is 2.79. The Morgan fingerprint density at radius 1 is 1.37 bits per heavy atom. The van der Waals surface area contributed by atoms with Crippen molar-refractivity contribution in [3.8, 4) is 0 Å². The van der Waals surface area contributed by atoms with E-state index in [2.05, 4.69) is 0 Å². The Labute approximate surface area is 113 Å². The molecule has 0 aliphatic carbocycles. The molecule has 0 atom stereocenters. The van der Waals surface area contributed by atoms with Gasteiger partial charge in [-0.05, 0) is 36.9 Å². The first-order valence-corrected chi connectivity index (χ1v) is 6.47. The maximum atomic E-state index is 12.1. The third-order valence-corrected chi connectivity index (χ3v) is 3.49. The molecule has 4 heteroatoms. The zero-order valence-corrected chi connectivity index (χ0v) is 11.6. The largest absolute Gasteiger partial charge is 0.392 e. The Morgan fingerprint density at radius 2 is 2.11 bits per heavy atom. The number of aromatic nitrogens is 1. The fourth-order valence-electron chi connectivity index (χ4n) is 2.01. The van der Waals surface area contributed by atoms with E-state index in [4.69, 9.17) is 0 Å². The van der Waals surface area contributed by atoms with Gasteiger partial charge in [-0.15, -0.1) is 0 Å². The van der Waals surface area contributed by atoms with E-state index in [1.54, 1.807) is 4.90 Å². The van der Waals surface area contributed by atoms with Crippen molar-refractivity contribution in [3.05, 3.63) is 36.0 Å². The first-order chi connectivity index (χ1) is 9.02. The number of aliphatic hydroxyl groups excluding tert-OH is 1. The highest BCUT2D eigenvalue weighted by Crippen LogP contribution is 2.18. The number of benzene rings is 1. The SMILES string of the molecule is CC(C)N(C)C(=O)Cn1ccc2ccc(CO)cc21. The van der Waals surface area contributed by atoms with Crippen molar-refractivity contribution >= 4 is 16.8 Å². The van der Waals surface area contributed by atoms with E-state index in [0.717, 1.165) is 16.5 Å². The number of carbonyl (C=O) groups excluding carboxylic acids is 1. The van der Waals surface area contributed by atoms with Crippen molar-refractivity contribution in [2.75, 3.05) is 7.05 Å². The van der Waals surface area contributed by atoms with Crippen molar-refractivity contribution in [2.45, 2.75) is 33.0 Å². The predicted molar refractivity (Wildman–Crippen MR) is 75.8 cm³/mol. The van der Waals surface area contributed by atoms with Crippen molar-refractivity contribution < 1.29 is 9.90 Å². The van der Waals surface area contributed by atoms with Gasteiger partial charge in [-0.3, -0.25) is 4.79 Å². The summed E-state index contributed by atoms with van der Waals surface area (Å²) in [4.78, 5) is 13.8. The number of rotatable bonds is 4. The van der Waals surface area contributed by atoms with E-state index in [-0.39, 0.29) is 18.6 Å². The summed E-state index contributed by atoms with van der Waals surface area (Å²) in [6, 6.07) is 7.97. The molecule has 0 fully saturated rings. The van der Waals surface area contributed by atoms with E-state index in [0.29, 0.717) is 6.54 Å². The molecule has 1 aromatic heterocycles. The number of hydrogen-bond donors (Lipinski definition) is 1. The minimum Gasteiger partial charge on any atom is -0.392 e. The number of amides is 1. The van der Waals surface area contributed by atoms with Crippen LogP contribution in [0.1, 0.15) is 19.4 Å². The molecule has 0 saturated carbocycles. The minimum absolute atomic E-state index is 0.0148. The molecule has 0 bridgehead atoms. The van der Waals surface area contributed by atoms with Crippen molar-refractivity contribution in [3.63, 3.8) is 0 Å². The van der Waals surface area contributed by atoms with Crippen LogP contribution in [0, 0.1) is 0 Å². The average Bonchev–Trinajstić information content (AvgIpc) is 2.80. The van der Waals surface area contributed by atoms with Crippen LogP contribution in [0.15, 0.2) is 30.5 Å². The molecule has 1 aromatic carbocycles. The van der Waals surface area contributed by atoms with Crippen LogP contribution in [0.2, 0.25) is 0 Å². The molecule has 2 rings (SSSR count). The monoisotopic (exact) mass is 260 g/mol. The number of fused-ring (bicyclic) bond motifs is 1. The van der Waals surface area contributed by atoms with Crippen LogP contribution in [0.25, 0.3) is 10.9 Å². The van der Waals surface area contributed by atoms with Crippen LogP contribution in [0.5, 0.6) is 0 Å². The first kappa shape index (κ1) is 13.6. The van der Waals surface area contributed by atoms with Crippen LogP contribution < -0.4 is 0 Å². The minimum atomic E-state index is 0.0148. The number of nitrogens with zero attached hydrogens (tertiary/aromatic N) is 2. The molecule has 1 N–H and O–H groups in total. The zero-order chi connectivity index (χ0) is 14.0. The van der Waals surface area contributed by atoms with Crippen molar-refractivity contribution in [2.24, 2.45) is 0 Å². The van der Waals surface area contributed by atoms with Gasteiger partial charge in [-0.2, -0.15) is 0 Å². The molecule has 19 heavy (non-hydrogen) atoms. The lowest BCUT2D eigenvalue weighted by Crippen LogP contribution is -2.35. The molecule has 0 unspecified atom stereocenters. The molecule has 1 heterocycles. The van der Waals surface area contributed by atoms with Gasteiger partial charge < -0.3 is 14.6 Å². The summed E-state index contributed by atoms with van der Waals surface area (Å²) in [5, 5.41) is 10.3. The Balaban J connectivity index is 2.28. The summed E-state index contributed by atoms with van der Waals surface area (Å²) >= 11 is 0. The normalized spacial score (nSPS) is 11.2. The van der Waals surface area contributed by atoms with Crippen LogP contribution in [0.4, 0.5) is 0 Å². The quantitative estimate of drug-likeness (QED) is 0.914. The summed E-state index contributed by atoms with van der Waals surface area (Å²) in [5.74, 6) is 0.0851. The molecule has 0 aliphatic rings. The summed E-state index contributed by atoms with van der Waals surface area (Å²) in [6.07, 6.45) is 1.91. The van der Waals surface area contributed by atoms with Gasteiger partial charge in [0.1, 0.15) is 6.54 Å². The lowest BCUT2D eigenvalue weighted by atomic mass is 10.2.